The van der Waals surface area contributed by atoms with Crippen LogP contribution in [0.2, 0.25) is 0 Å². The van der Waals surface area contributed by atoms with Gasteiger partial charge in [0.05, 0.1) is 7.11 Å². The number of benzene rings is 1. The summed E-state index contributed by atoms with van der Waals surface area (Å²) < 4.78 is 24.5. The number of methoxy groups -OCH3 is 1. The van der Waals surface area contributed by atoms with E-state index in [1.54, 1.807) is 19.2 Å². The fraction of sp³-hybridized carbons (Fsp3) is 0.600. The predicted molar refractivity (Wildman–Crippen MR) is 71.0 cm³/mol. The van der Waals surface area contributed by atoms with E-state index in [4.69, 9.17) is 9.47 Å². The maximum absolute atomic E-state index is 13.6. The zero-order valence-electron chi connectivity index (χ0n) is 11.2. The Hall–Kier alpha value is -1.13. The number of rotatable bonds is 2. The molecular weight excluding hydrogens is 245 g/mol. The van der Waals surface area contributed by atoms with Crippen molar-refractivity contribution in [1.82, 2.24) is 5.32 Å². The Kier molecular flexibility index (Phi) is 3.46. The highest BCUT2D eigenvalue weighted by Gasteiger charge is 2.45. The molecule has 0 amide bonds. The van der Waals surface area contributed by atoms with Gasteiger partial charge in [0, 0.05) is 37.8 Å². The Morgan fingerprint density at radius 3 is 2.89 bits per heavy atom. The van der Waals surface area contributed by atoms with Gasteiger partial charge in [0.15, 0.2) is 0 Å². The standard InChI is InChI=1S/C15H20FNO2/c1-18-14-3-2-11(16)8-12(14)13-9-17-10-15(13)4-6-19-7-5-15/h2-3,8,13,17H,4-7,9-10H2,1H3. The number of halogens is 1. The maximum atomic E-state index is 13.6. The number of nitrogens with one attached hydrogen (secondary N) is 1. The van der Waals surface area contributed by atoms with Gasteiger partial charge in [-0.2, -0.15) is 0 Å². The summed E-state index contributed by atoms with van der Waals surface area (Å²) in [4.78, 5) is 0. The van der Waals surface area contributed by atoms with Crippen LogP contribution in [0.3, 0.4) is 0 Å². The Balaban J connectivity index is 1.98. The first-order valence-electron chi connectivity index (χ1n) is 6.87. The highest BCUT2D eigenvalue weighted by atomic mass is 19.1. The molecule has 1 aromatic rings. The average molecular weight is 265 g/mol. The highest BCUT2D eigenvalue weighted by molar-refractivity contribution is 5.39. The molecular formula is C15H20FNO2. The van der Waals surface area contributed by atoms with E-state index in [0.29, 0.717) is 5.92 Å². The Bertz CT molecular complexity index is 457. The van der Waals surface area contributed by atoms with Crippen LogP contribution < -0.4 is 10.1 Å². The molecule has 0 saturated carbocycles. The van der Waals surface area contributed by atoms with Crippen molar-refractivity contribution in [2.75, 3.05) is 33.4 Å². The minimum absolute atomic E-state index is 0.190. The molecule has 2 aliphatic rings. The summed E-state index contributed by atoms with van der Waals surface area (Å²) in [5, 5.41) is 3.47. The average Bonchev–Trinajstić information content (AvgIpc) is 2.82. The molecule has 1 aromatic carbocycles. The Morgan fingerprint density at radius 2 is 2.16 bits per heavy atom. The Morgan fingerprint density at radius 1 is 1.37 bits per heavy atom. The van der Waals surface area contributed by atoms with Crippen LogP contribution in [0.5, 0.6) is 5.75 Å². The molecule has 0 bridgehead atoms. The van der Waals surface area contributed by atoms with Crippen LogP contribution in [-0.4, -0.2) is 33.4 Å². The van der Waals surface area contributed by atoms with Crippen molar-refractivity contribution in [3.63, 3.8) is 0 Å². The zero-order valence-corrected chi connectivity index (χ0v) is 11.2. The first kappa shape index (κ1) is 12.9. The lowest BCUT2D eigenvalue weighted by Crippen LogP contribution is -2.35. The molecule has 3 nitrogen and oxygen atoms in total. The summed E-state index contributed by atoms with van der Waals surface area (Å²) in [6, 6.07) is 4.82. The van der Waals surface area contributed by atoms with Crippen LogP contribution in [0.1, 0.15) is 24.3 Å². The fourth-order valence-corrected chi connectivity index (χ4v) is 3.53. The molecule has 1 unspecified atom stereocenters. The van der Waals surface area contributed by atoms with E-state index in [9.17, 15) is 4.39 Å². The van der Waals surface area contributed by atoms with Crippen LogP contribution in [0.4, 0.5) is 4.39 Å². The van der Waals surface area contributed by atoms with Gasteiger partial charge in [-0.05, 0) is 36.5 Å². The summed E-state index contributed by atoms with van der Waals surface area (Å²) in [6.07, 6.45) is 2.06. The second-order valence-electron chi connectivity index (χ2n) is 5.54. The number of ether oxygens (including phenoxy) is 2. The minimum atomic E-state index is -0.190. The SMILES string of the molecule is COc1ccc(F)cc1C1CNCC12CCOCC2. The molecule has 4 heteroatoms. The molecule has 0 aromatic heterocycles. The second-order valence-corrected chi connectivity index (χ2v) is 5.54. The van der Waals surface area contributed by atoms with Crippen molar-refractivity contribution in [2.45, 2.75) is 18.8 Å². The van der Waals surface area contributed by atoms with Gasteiger partial charge in [0.25, 0.3) is 0 Å². The first-order valence-corrected chi connectivity index (χ1v) is 6.87. The van der Waals surface area contributed by atoms with Crippen molar-refractivity contribution < 1.29 is 13.9 Å². The van der Waals surface area contributed by atoms with Gasteiger partial charge >= 0.3 is 0 Å². The first-order chi connectivity index (χ1) is 9.25. The molecule has 1 atom stereocenters. The van der Waals surface area contributed by atoms with Gasteiger partial charge in [-0.3, -0.25) is 0 Å². The topological polar surface area (TPSA) is 30.5 Å². The van der Waals surface area contributed by atoms with E-state index in [-0.39, 0.29) is 11.2 Å². The largest absolute Gasteiger partial charge is 0.496 e. The maximum Gasteiger partial charge on any atom is 0.123 e. The van der Waals surface area contributed by atoms with Crippen molar-refractivity contribution >= 4 is 0 Å². The highest BCUT2D eigenvalue weighted by Crippen LogP contribution is 2.48. The van der Waals surface area contributed by atoms with Crippen LogP contribution >= 0.6 is 0 Å². The van der Waals surface area contributed by atoms with Crippen molar-refractivity contribution in [3.8, 4) is 5.75 Å². The Labute approximate surface area is 113 Å². The molecule has 1 spiro atoms. The van der Waals surface area contributed by atoms with E-state index in [2.05, 4.69) is 5.32 Å². The van der Waals surface area contributed by atoms with Gasteiger partial charge < -0.3 is 14.8 Å². The number of hydrogen-bond donors (Lipinski definition) is 1. The third-order valence-electron chi connectivity index (χ3n) is 4.62. The molecule has 0 aliphatic carbocycles. The van der Waals surface area contributed by atoms with Crippen LogP contribution in [0.15, 0.2) is 18.2 Å². The minimum Gasteiger partial charge on any atom is -0.496 e. The summed E-state index contributed by atoms with van der Waals surface area (Å²) in [7, 11) is 1.65. The van der Waals surface area contributed by atoms with E-state index in [1.165, 1.54) is 6.07 Å². The molecule has 2 fully saturated rings. The van der Waals surface area contributed by atoms with Gasteiger partial charge in [-0.1, -0.05) is 0 Å². The zero-order chi connectivity index (χ0) is 13.3. The molecule has 2 aliphatic heterocycles. The lowest BCUT2D eigenvalue weighted by molar-refractivity contribution is 0.0161. The fourth-order valence-electron chi connectivity index (χ4n) is 3.53. The van der Waals surface area contributed by atoms with E-state index in [0.717, 1.165) is 50.5 Å². The van der Waals surface area contributed by atoms with Gasteiger partial charge in [-0.25, -0.2) is 4.39 Å². The van der Waals surface area contributed by atoms with Crippen LogP contribution in [0, 0.1) is 11.2 Å². The summed E-state index contributed by atoms with van der Waals surface area (Å²) in [6.45, 7) is 3.48. The monoisotopic (exact) mass is 265 g/mol. The summed E-state index contributed by atoms with van der Waals surface area (Å²) in [5.41, 5.74) is 1.19. The van der Waals surface area contributed by atoms with Crippen molar-refractivity contribution in [1.29, 1.82) is 0 Å². The van der Waals surface area contributed by atoms with Crippen LogP contribution in [0.25, 0.3) is 0 Å². The third kappa shape index (κ3) is 2.23. The normalized spacial score (nSPS) is 25.7. The molecule has 2 heterocycles. The molecule has 1 N–H and O–H groups in total. The van der Waals surface area contributed by atoms with E-state index in [1.807, 2.05) is 0 Å². The summed E-state index contributed by atoms with van der Waals surface area (Å²) in [5.74, 6) is 0.910. The van der Waals surface area contributed by atoms with Crippen LogP contribution in [-0.2, 0) is 4.74 Å². The van der Waals surface area contributed by atoms with Gasteiger partial charge in [0.1, 0.15) is 11.6 Å². The quantitative estimate of drug-likeness (QED) is 0.890. The third-order valence-corrected chi connectivity index (χ3v) is 4.62. The van der Waals surface area contributed by atoms with Crippen molar-refractivity contribution in [2.24, 2.45) is 5.41 Å². The molecule has 3 rings (SSSR count). The predicted octanol–water partition coefficient (Wildman–Crippen LogP) is 2.32. The molecule has 19 heavy (non-hydrogen) atoms. The molecule has 0 radical (unpaired) electrons. The number of hydrogen-bond acceptors (Lipinski definition) is 3. The van der Waals surface area contributed by atoms with Gasteiger partial charge in [0.2, 0.25) is 0 Å². The summed E-state index contributed by atoms with van der Waals surface area (Å²) >= 11 is 0. The van der Waals surface area contributed by atoms with Gasteiger partial charge in [-0.15, -0.1) is 0 Å². The smallest absolute Gasteiger partial charge is 0.123 e. The van der Waals surface area contributed by atoms with Crippen molar-refractivity contribution in [3.05, 3.63) is 29.6 Å². The second kappa shape index (κ2) is 5.10. The van der Waals surface area contributed by atoms with E-state index < -0.39 is 0 Å². The van der Waals surface area contributed by atoms with E-state index >= 15 is 0 Å². The lowest BCUT2D eigenvalue weighted by Gasteiger charge is -2.38. The molecule has 104 valence electrons. The molecule has 2 saturated heterocycles. The lowest BCUT2D eigenvalue weighted by atomic mass is 9.69.